The van der Waals surface area contributed by atoms with E-state index in [0.717, 1.165) is 0 Å². The first-order valence-electron chi connectivity index (χ1n) is 3.83. The molecule has 0 bridgehead atoms. The lowest BCUT2D eigenvalue weighted by molar-refractivity contribution is -0.577. The van der Waals surface area contributed by atoms with Crippen LogP contribution in [0, 0.1) is 5.21 Å². The van der Waals surface area contributed by atoms with Crippen molar-refractivity contribution in [2.24, 2.45) is 0 Å². The third-order valence-electron chi connectivity index (χ3n) is 1.94. The van der Waals surface area contributed by atoms with E-state index in [9.17, 15) is 15.4 Å². The Morgan fingerprint density at radius 2 is 1.86 bits per heavy atom. The van der Waals surface area contributed by atoms with Gasteiger partial charge in [-0.15, -0.1) is 0 Å². The van der Waals surface area contributed by atoms with Gasteiger partial charge < -0.3 is 15.4 Å². The van der Waals surface area contributed by atoms with E-state index in [1.54, 1.807) is 0 Å². The molecule has 0 aliphatic carbocycles. The molecule has 5 heteroatoms. The molecule has 4 nitrogen and oxygen atoms in total. The number of pyridine rings is 1. The van der Waals surface area contributed by atoms with Crippen molar-refractivity contribution in [1.82, 2.24) is 0 Å². The number of nitrogens with zero attached hydrogens (tertiary/aromatic N) is 1. The first-order valence-corrected chi connectivity index (χ1v) is 4.21. The van der Waals surface area contributed by atoms with Crippen LogP contribution in [0.4, 0.5) is 0 Å². The minimum Gasteiger partial charge on any atom is -0.618 e. The van der Waals surface area contributed by atoms with Crippen molar-refractivity contribution in [1.29, 1.82) is 0 Å². The molecule has 0 radical (unpaired) electrons. The van der Waals surface area contributed by atoms with Gasteiger partial charge in [0.1, 0.15) is 0 Å². The minimum absolute atomic E-state index is 0.216. The number of hydrogen-bond acceptors (Lipinski definition) is 3. The minimum atomic E-state index is -0.343. The zero-order valence-corrected chi connectivity index (χ0v) is 7.69. The van der Waals surface area contributed by atoms with Crippen molar-refractivity contribution in [2.45, 2.75) is 0 Å². The summed E-state index contributed by atoms with van der Waals surface area (Å²) in [5, 5.41) is 30.4. The fourth-order valence-electron chi connectivity index (χ4n) is 1.24. The summed E-state index contributed by atoms with van der Waals surface area (Å²) >= 11 is 5.81. The molecule has 2 rings (SSSR count). The van der Waals surface area contributed by atoms with Crippen molar-refractivity contribution in [3.63, 3.8) is 0 Å². The first-order chi connectivity index (χ1) is 6.59. The number of halogens is 1. The van der Waals surface area contributed by atoms with Crippen LogP contribution in [0.1, 0.15) is 0 Å². The highest BCUT2D eigenvalue weighted by Crippen LogP contribution is 2.31. The van der Waals surface area contributed by atoms with E-state index < -0.39 is 0 Å². The predicted molar refractivity (Wildman–Crippen MR) is 51.2 cm³/mol. The molecule has 1 aromatic heterocycles. The third kappa shape index (κ3) is 1.20. The van der Waals surface area contributed by atoms with Crippen LogP contribution in [0.15, 0.2) is 24.4 Å². The summed E-state index contributed by atoms with van der Waals surface area (Å²) < 4.78 is 0.570. The van der Waals surface area contributed by atoms with Gasteiger partial charge in [-0.3, -0.25) is 0 Å². The molecule has 2 N–H and O–H groups in total. The largest absolute Gasteiger partial charge is 0.618 e. The summed E-state index contributed by atoms with van der Waals surface area (Å²) in [6, 6.07) is 3.85. The summed E-state index contributed by atoms with van der Waals surface area (Å²) in [6.45, 7) is 0. The fraction of sp³-hybridized carbons (Fsp3) is 0. The van der Waals surface area contributed by atoms with Crippen LogP contribution in [0.25, 0.3) is 10.9 Å². The van der Waals surface area contributed by atoms with Gasteiger partial charge in [0.2, 0.25) is 5.52 Å². The Hall–Kier alpha value is -1.68. The Balaban J connectivity index is 2.94. The van der Waals surface area contributed by atoms with Crippen LogP contribution in [-0.2, 0) is 0 Å². The maximum atomic E-state index is 11.3. The SMILES string of the molecule is [O-][n+]1ccc(Cl)c2cc(O)c(O)cc21. The number of hydrogen-bond donors (Lipinski definition) is 2. The van der Waals surface area contributed by atoms with Crippen LogP contribution < -0.4 is 4.73 Å². The predicted octanol–water partition coefficient (Wildman–Crippen LogP) is 1.54. The Morgan fingerprint density at radius 1 is 1.21 bits per heavy atom. The average Bonchev–Trinajstić information content (AvgIpc) is 2.15. The zero-order chi connectivity index (χ0) is 10.3. The maximum absolute atomic E-state index is 11.3. The standard InChI is InChI=1S/C9H6ClNO3/c10-6-1-2-11(14)7-4-9(13)8(12)3-5(6)7/h1-4,12-13H. The van der Waals surface area contributed by atoms with Crippen molar-refractivity contribution >= 4 is 22.5 Å². The maximum Gasteiger partial charge on any atom is 0.229 e. The van der Waals surface area contributed by atoms with Gasteiger partial charge >= 0.3 is 0 Å². The number of aromatic hydroxyl groups is 2. The van der Waals surface area contributed by atoms with E-state index in [1.165, 1.54) is 24.4 Å². The van der Waals surface area contributed by atoms with Gasteiger partial charge in [0.05, 0.1) is 16.5 Å². The van der Waals surface area contributed by atoms with Crippen LogP contribution in [-0.4, -0.2) is 10.2 Å². The number of aromatic nitrogens is 1. The van der Waals surface area contributed by atoms with E-state index >= 15 is 0 Å². The summed E-state index contributed by atoms with van der Waals surface area (Å²) in [5.41, 5.74) is 0.216. The monoisotopic (exact) mass is 211 g/mol. The number of benzene rings is 1. The van der Waals surface area contributed by atoms with Crippen LogP contribution >= 0.6 is 11.6 Å². The Bertz CT molecular complexity index is 466. The van der Waals surface area contributed by atoms with Crippen LogP contribution in [0.2, 0.25) is 5.02 Å². The van der Waals surface area contributed by atoms with Crippen molar-refractivity contribution in [3.05, 3.63) is 34.6 Å². The molecule has 0 atom stereocenters. The summed E-state index contributed by atoms with van der Waals surface area (Å²) in [5.74, 6) is -0.644. The number of phenolic OH excluding ortho intramolecular Hbond substituents is 2. The summed E-state index contributed by atoms with van der Waals surface area (Å²) in [4.78, 5) is 0. The molecule has 0 spiro atoms. The Labute approximate surface area is 84.2 Å². The lowest BCUT2D eigenvalue weighted by atomic mass is 10.2. The molecule has 0 aliphatic rings. The van der Waals surface area contributed by atoms with E-state index in [-0.39, 0.29) is 17.0 Å². The second-order valence-corrected chi connectivity index (χ2v) is 3.25. The summed E-state index contributed by atoms with van der Waals surface area (Å²) in [7, 11) is 0. The Kier molecular flexibility index (Phi) is 1.86. The molecular formula is C9H6ClNO3. The van der Waals surface area contributed by atoms with E-state index in [1.807, 2.05) is 0 Å². The van der Waals surface area contributed by atoms with Crippen LogP contribution in [0.5, 0.6) is 11.5 Å². The number of rotatable bonds is 0. The molecule has 14 heavy (non-hydrogen) atoms. The highest BCUT2D eigenvalue weighted by molar-refractivity contribution is 6.35. The van der Waals surface area contributed by atoms with E-state index in [4.69, 9.17) is 11.6 Å². The van der Waals surface area contributed by atoms with Gasteiger partial charge in [-0.1, -0.05) is 11.6 Å². The number of phenols is 2. The molecule has 1 aromatic carbocycles. The smallest absolute Gasteiger partial charge is 0.229 e. The average molecular weight is 212 g/mol. The zero-order valence-electron chi connectivity index (χ0n) is 6.94. The molecule has 0 aliphatic heterocycles. The lowest BCUT2D eigenvalue weighted by Gasteiger charge is -2.04. The second kappa shape index (κ2) is 2.92. The molecule has 72 valence electrons. The number of fused-ring (bicyclic) bond motifs is 1. The Morgan fingerprint density at radius 3 is 2.57 bits per heavy atom. The van der Waals surface area contributed by atoms with Gasteiger partial charge in [0.25, 0.3) is 0 Å². The van der Waals surface area contributed by atoms with Crippen LogP contribution in [0.3, 0.4) is 0 Å². The normalized spacial score (nSPS) is 10.6. The molecule has 0 unspecified atom stereocenters. The van der Waals surface area contributed by atoms with Gasteiger partial charge in [-0.25, -0.2) is 0 Å². The van der Waals surface area contributed by atoms with Crippen molar-refractivity contribution in [3.8, 4) is 11.5 Å². The lowest BCUT2D eigenvalue weighted by Crippen LogP contribution is -2.25. The highest BCUT2D eigenvalue weighted by atomic mass is 35.5. The van der Waals surface area contributed by atoms with Crippen molar-refractivity contribution in [2.75, 3.05) is 0 Å². The molecule has 2 aromatic rings. The molecular weight excluding hydrogens is 206 g/mol. The van der Waals surface area contributed by atoms with E-state index in [0.29, 0.717) is 15.1 Å². The first kappa shape index (κ1) is 8.90. The van der Waals surface area contributed by atoms with Crippen molar-refractivity contribution < 1.29 is 14.9 Å². The highest BCUT2D eigenvalue weighted by Gasteiger charge is 2.11. The van der Waals surface area contributed by atoms with Gasteiger partial charge in [-0.05, 0) is 6.07 Å². The summed E-state index contributed by atoms with van der Waals surface area (Å²) in [6.07, 6.45) is 1.24. The molecule has 0 saturated carbocycles. The quantitative estimate of drug-likeness (QED) is 0.395. The van der Waals surface area contributed by atoms with Gasteiger partial charge in [-0.2, -0.15) is 4.73 Å². The molecule has 1 heterocycles. The third-order valence-corrected chi connectivity index (χ3v) is 2.27. The second-order valence-electron chi connectivity index (χ2n) is 2.85. The molecule has 0 amide bonds. The molecule has 0 fully saturated rings. The van der Waals surface area contributed by atoms with Gasteiger partial charge in [0.15, 0.2) is 17.7 Å². The van der Waals surface area contributed by atoms with E-state index in [2.05, 4.69) is 0 Å². The topological polar surface area (TPSA) is 67.4 Å². The van der Waals surface area contributed by atoms with Gasteiger partial charge in [0, 0.05) is 6.07 Å². The fourth-order valence-corrected chi connectivity index (χ4v) is 1.45. The molecule has 0 saturated heterocycles.